The van der Waals surface area contributed by atoms with E-state index in [1.807, 2.05) is 23.6 Å². The van der Waals surface area contributed by atoms with Crippen molar-refractivity contribution in [1.82, 2.24) is 14.9 Å². The molecule has 1 heterocycles. The molecule has 3 aromatic rings. The van der Waals surface area contributed by atoms with E-state index >= 15 is 0 Å². The molecule has 0 fully saturated rings. The lowest BCUT2D eigenvalue weighted by Crippen LogP contribution is -2.33. The zero-order chi connectivity index (χ0) is 19.9. The van der Waals surface area contributed by atoms with E-state index in [9.17, 15) is 4.79 Å². The molecule has 146 valence electrons. The van der Waals surface area contributed by atoms with Crippen molar-refractivity contribution in [1.29, 1.82) is 0 Å². The Labute approximate surface area is 167 Å². The summed E-state index contributed by atoms with van der Waals surface area (Å²) in [5.74, 6) is -0.0985. The maximum Gasteiger partial charge on any atom is 0.270 e. The minimum absolute atomic E-state index is 0.0985. The van der Waals surface area contributed by atoms with Crippen molar-refractivity contribution in [3.05, 3.63) is 72.3 Å². The van der Waals surface area contributed by atoms with Crippen LogP contribution >= 0.6 is 0 Å². The summed E-state index contributed by atoms with van der Waals surface area (Å²) in [4.78, 5) is 16.7. The Kier molecular flexibility index (Phi) is 6.64. The Morgan fingerprint density at radius 1 is 1.04 bits per heavy atom. The number of rotatable bonds is 8. The van der Waals surface area contributed by atoms with Gasteiger partial charge in [-0.3, -0.25) is 9.36 Å². The van der Waals surface area contributed by atoms with Crippen molar-refractivity contribution in [2.45, 2.75) is 52.5 Å². The first-order valence-corrected chi connectivity index (χ1v) is 10.1. The highest BCUT2D eigenvalue weighted by Crippen LogP contribution is 2.22. The first kappa shape index (κ1) is 19.9. The Bertz CT molecular complexity index is 894. The fourth-order valence-electron chi connectivity index (χ4n) is 3.13. The van der Waals surface area contributed by atoms with Gasteiger partial charge in [0.2, 0.25) is 0 Å². The van der Waals surface area contributed by atoms with Gasteiger partial charge in [-0.1, -0.05) is 56.7 Å². The van der Waals surface area contributed by atoms with E-state index in [4.69, 9.17) is 0 Å². The fraction of sp³-hybridized carbons (Fsp3) is 0.333. The molecule has 3 rings (SSSR count). The second-order valence-electron chi connectivity index (χ2n) is 7.28. The average Bonchev–Trinajstić information content (AvgIpc) is 3.23. The minimum Gasteiger partial charge on any atom is -0.348 e. The van der Waals surface area contributed by atoms with Crippen molar-refractivity contribution in [3.63, 3.8) is 0 Å². The van der Waals surface area contributed by atoms with Crippen molar-refractivity contribution in [2.24, 2.45) is 0 Å². The standard InChI is InChI=1S/C24H29N3O/c1-4-6-7-19-8-10-20(11-9-19)21-12-14-22(15-13-21)27-17-25-16-23(27)24(28)26-18(3)5-2/h8-18H,4-7H2,1-3H3,(H,26,28)/t18-/m0/s1. The predicted molar refractivity (Wildman–Crippen MR) is 115 cm³/mol. The van der Waals surface area contributed by atoms with E-state index in [-0.39, 0.29) is 11.9 Å². The summed E-state index contributed by atoms with van der Waals surface area (Å²) in [5.41, 5.74) is 5.23. The SMILES string of the molecule is CCCCc1ccc(-c2ccc(-n3cncc3C(=O)N[C@@H](C)CC)cc2)cc1. The summed E-state index contributed by atoms with van der Waals surface area (Å²) < 4.78 is 1.83. The molecule has 4 nitrogen and oxygen atoms in total. The van der Waals surface area contributed by atoms with Crippen LogP contribution in [-0.2, 0) is 6.42 Å². The minimum atomic E-state index is -0.0985. The monoisotopic (exact) mass is 375 g/mol. The second kappa shape index (κ2) is 9.36. The molecule has 2 aromatic carbocycles. The summed E-state index contributed by atoms with van der Waals surface area (Å²) in [7, 11) is 0. The highest BCUT2D eigenvalue weighted by atomic mass is 16.2. The third-order valence-electron chi connectivity index (χ3n) is 5.11. The molecule has 1 amide bonds. The van der Waals surface area contributed by atoms with Crippen LogP contribution in [0.1, 0.15) is 56.1 Å². The highest BCUT2D eigenvalue weighted by molar-refractivity contribution is 5.93. The van der Waals surface area contributed by atoms with Crippen molar-refractivity contribution < 1.29 is 4.79 Å². The van der Waals surface area contributed by atoms with Gasteiger partial charge in [-0.05, 0) is 55.0 Å². The lowest BCUT2D eigenvalue weighted by molar-refractivity contribution is 0.0932. The number of carbonyl (C=O) groups excluding carboxylic acids is 1. The fourth-order valence-corrected chi connectivity index (χ4v) is 3.13. The number of hydrogen-bond donors (Lipinski definition) is 1. The normalized spacial score (nSPS) is 12.0. The summed E-state index contributed by atoms with van der Waals surface area (Å²) in [6.07, 6.45) is 7.77. The Morgan fingerprint density at radius 2 is 1.68 bits per heavy atom. The van der Waals surface area contributed by atoms with Gasteiger partial charge in [-0.15, -0.1) is 0 Å². The molecule has 1 aromatic heterocycles. The lowest BCUT2D eigenvalue weighted by Gasteiger charge is -2.13. The second-order valence-corrected chi connectivity index (χ2v) is 7.28. The van der Waals surface area contributed by atoms with Gasteiger partial charge in [0, 0.05) is 11.7 Å². The maximum atomic E-state index is 12.5. The van der Waals surface area contributed by atoms with E-state index in [0.717, 1.165) is 24.1 Å². The largest absolute Gasteiger partial charge is 0.348 e. The lowest BCUT2D eigenvalue weighted by atomic mass is 10.0. The zero-order valence-corrected chi connectivity index (χ0v) is 17.0. The highest BCUT2D eigenvalue weighted by Gasteiger charge is 2.14. The van der Waals surface area contributed by atoms with Crippen molar-refractivity contribution >= 4 is 5.91 Å². The van der Waals surface area contributed by atoms with Crippen LogP contribution < -0.4 is 5.32 Å². The van der Waals surface area contributed by atoms with Crippen LogP contribution in [0.15, 0.2) is 61.1 Å². The number of unbranched alkanes of at least 4 members (excludes halogenated alkanes) is 1. The Balaban J connectivity index is 1.77. The first-order valence-electron chi connectivity index (χ1n) is 10.1. The molecule has 0 radical (unpaired) electrons. The number of nitrogens with zero attached hydrogens (tertiary/aromatic N) is 2. The number of amides is 1. The topological polar surface area (TPSA) is 46.9 Å². The van der Waals surface area contributed by atoms with Crippen LogP contribution in [0.4, 0.5) is 0 Å². The maximum absolute atomic E-state index is 12.5. The van der Waals surface area contributed by atoms with E-state index in [1.54, 1.807) is 12.5 Å². The first-order chi connectivity index (χ1) is 13.6. The van der Waals surface area contributed by atoms with Gasteiger partial charge >= 0.3 is 0 Å². The van der Waals surface area contributed by atoms with Crippen LogP contribution in [0.25, 0.3) is 16.8 Å². The molecule has 0 aliphatic carbocycles. The van der Waals surface area contributed by atoms with E-state index in [1.165, 1.54) is 24.0 Å². The molecular formula is C24H29N3O. The van der Waals surface area contributed by atoms with Gasteiger partial charge in [0.1, 0.15) is 5.69 Å². The predicted octanol–water partition coefficient (Wildman–Crippen LogP) is 5.41. The van der Waals surface area contributed by atoms with E-state index < -0.39 is 0 Å². The molecule has 0 saturated heterocycles. The average molecular weight is 376 g/mol. The summed E-state index contributed by atoms with van der Waals surface area (Å²) in [6, 6.07) is 17.2. The molecular weight excluding hydrogens is 346 g/mol. The number of hydrogen-bond acceptors (Lipinski definition) is 2. The number of aromatic nitrogens is 2. The van der Waals surface area contributed by atoms with E-state index in [2.05, 4.69) is 60.5 Å². The van der Waals surface area contributed by atoms with Gasteiger partial charge in [-0.2, -0.15) is 0 Å². The van der Waals surface area contributed by atoms with Crippen molar-refractivity contribution in [2.75, 3.05) is 0 Å². The number of benzene rings is 2. The molecule has 0 unspecified atom stereocenters. The quantitative estimate of drug-likeness (QED) is 0.572. The van der Waals surface area contributed by atoms with Crippen LogP contribution in [-0.4, -0.2) is 21.5 Å². The Hall–Kier alpha value is -2.88. The van der Waals surface area contributed by atoms with Gasteiger partial charge in [-0.25, -0.2) is 4.98 Å². The molecule has 28 heavy (non-hydrogen) atoms. The number of imidazole rings is 1. The third kappa shape index (κ3) is 4.69. The number of aryl methyl sites for hydroxylation is 1. The zero-order valence-electron chi connectivity index (χ0n) is 17.0. The molecule has 0 saturated carbocycles. The van der Waals surface area contributed by atoms with E-state index in [0.29, 0.717) is 5.69 Å². The molecule has 1 atom stereocenters. The smallest absolute Gasteiger partial charge is 0.270 e. The molecule has 0 aliphatic heterocycles. The molecule has 0 aliphatic rings. The van der Waals surface area contributed by atoms with Crippen LogP contribution in [0.2, 0.25) is 0 Å². The van der Waals surface area contributed by atoms with Crippen LogP contribution in [0, 0.1) is 0 Å². The molecule has 1 N–H and O–H groups in total. The van der Waals surface area contributed by atoms with Crippen molar-refractivity contribution in [3.8, 4) is 16.8 Å². The van der Waals surface area contributed by atoms with Crippen LogP contribution in [0.3, 0.4) is 0 Å². The van der Waals surface area contributed by atoms with Crippen LogP contribution in [0.5, 0.6) is 0 Å². The summed E-state index contributed by atoms with van der Waals surface area (Å²) in [5, 5.41) is 3.00. The van der Waals surface area contributed by atoms with Gasteiger partial charge < -0.3 is 5.32 Å². The third-order valence-corrected chi connectivity index (χ3v) is 5.11. The molecule has 0 bridgehead atoms. The van der Waals surface area contributed by atoms with Gasteiger partial charge in [0.25, 0.3) is 5.91 Å². The summed E-state index contributed by atoms with van der Waals surface area (Å²) >= 11 is 0. The summed E-state index contributed by atoms with van der Waals surface area (Å²) in [6.45, 7) is 6.27. The molecule has 4 heteroatoms. The van der Waals surface area contributed by atoms with Gasteiger partial charge in [0.15, 0.2) is 0 Å². The number of nitrogens with one attached hydrogen (secondary N) is 1. The van der Waals surface area contributed by atoms with Gasteiger partial charge in [0.05, 0.1) is 12.5 Å². The Morgan fingerprint density at radius 3 is 2.29 bits per heavy atom. The molecule has 0 spiro atoms. The number of carbonyl (C=O) groups is 1.